The molecule has 0 amide bonds. The van der Waals surface area contributed by atoms with Gasteiger partial charge in [-0.3, -0.25) is 4.31 Å². The van der Waals surface area contributed by atoms with Gasteiger partial charge in [-0.1, -0.05) is 13.8 Å². The fourth-order valence-corrected chi connectivity index (χ4v) is 4.17. The number of anilines is 1. The van der Waals surface area contributed by atoms with Gasteiger partial charge in [0.05, 0.1) is 5.69 Å². The first-order chi connectivity index (χ1) is 10.3. The molecule has 1 aliphatic rings. The lowest BCUT2D eigenvalue weighted by molar-refractivity contribution is 0.357. The quantitative estimate of drug-likeness (QED) is 0.869. The lowest BCUT2D eigenvalue weighted by atomic mass is 9.93. The van der Waals surface area contributed by atoms with Crippen LogP contribution in [0.15, 0.2) is 30.5 Å². The van der Waals surface area contributed by atoms with Gasteiger partial charge < -0.3 is 0 Å². The summed E-state index contributed by atoms with van der Waals surface area (Å²) in [4.78, 5) is 4.01. The smallest absolute Gasteiger partial charge is 0.257 e. The number of fused-ring (bicyclic) bond motifs is 1. The van der Waals surface area contributed by atoms with Crippen molar-refractivity contribution in [3.63, 3.8) is 0 Å². The first-order valence-corrected chi connectivity index (χ1v) is 8.33. The van der Waals surface area contributed by atoms with Crippen LogP contribution in [0.5, 0.6) is 0 Å². The summed E-state index contributed by atoms with van der Waals surface area (Å²) in [6.07, 6.45) is 1.55. The molecule has 1 aromatic heterocycles. The molecule has 0 saturated carbocycles. The van der Waals surface area contributed by atoms with Crippen molar-refractivity contribution in [2.24, 2.45) is 5.41 Å². The van der Waals surface area contributed by atoms with Crippen molar-refractivity contribution in [2.45, 2.75) is 13.8 Å². The third kappa shape index (κ3) is 2.51. The average Bonchev–Trinajstić information content (AvgIpc) is 2.49. The molecule has 3 rings (SSSR count). The Balaban J connectivity index is 2.12. The van der Waals surface area contributed by atoms with E-state index in [9.17, 15) is 8.42 Å². The van der Waals surface area contributed by atoms with E-state index < -0.39 is 10.2 Å². The third-order valence-corrected chi connectivity index (χ3v) is 5.17. The van der Waals surface area contributed by atoms with E-state index in [1.54, 1.807) is 30.5 Å². The van der Waals surface area contributed by atoms with Crippen molar-refractivity contribution in [3.05, 3.63) is 36.2 Å². The van der Waals surface area contributed by atoms with Crippen LogP contribution in [0, 0.1) is 16.7 Å². The first kappa shape index (κ1) is 14.8. The second kappa shape index (κ2) is 4.93. The Labute approximate surface area is 129 Å². The van der Waals surface area contributed by atoms with Gasteiger partial charge in [0.15, 0.2) is 0 Å². The summed E-state index contributed by atoms with van der Waals surface area (Å²) in [7, 11) is -3.53. The minimum atomic E-state index is -3.53. The molecule has 0 atom stereocenters. The SMILES string of the molecule is CC1(C)CNS(=O)(=O)N(c2ccc3c(C#N)nccc3c2)C1. The van der Waals surface area contributed by atoms with Crippen LogP contribution in [0.25, 0.3) is 10.8 Å². The van der Waals surface area contributed by atoms with Crippen molar-refractivity contribution in [3.8, 4) is 6.07 Å². The van der Waals surface area contributed by atoms with Crippen LogP contribution < -0.4 is 9.03 Å². The topological polar surface area (TPSA) is 86.1 Å². The number of rotatable bonds is 1. The molecule has 2 aromatic rings. The van der Waals surface area contributed by atoms with Crippen LogP contribution in [-0.2, 0) is 10.2 Å². The van der Waals surface area contributed by atoms with Gasteiger partial charge in [0.25, 0.3) is 0 Å². The highest BCUT2D eigenvalue weighted by Crippen LogP contribution is 2.30. The Morgan fingerprint density at radius 3 is 2.86 bits per heavy atom. The van der Waals surface area contributed by atoms with Gasteiger partial charge in [0.2, 0.25) is 0 Å². The highest BCUT2D eigenvalue weighted by molar-refractivity contribution is 7.90. The normalized spacial score (nSPS) is 19.8. The summed E-state index contributed by atoms with van der Waals surface area (Å²) < 4.78 is 28.5. The molecule has 0 unspecified atom stereocenters. The Hall–Kier alpha value is -2.17. The van der Waals surface area contributed by atoms with Crippen LogP contribution in [-0.4, -0.2) is 26.5 Å². The van der Waals surface area contributed by atoms with Gasteiger partial charge >= 0.3 is 10.2 Å². The van der Waals surface area contributed by atoms with Crippen molar-refractivity contribution in [2.75, 3.05) is 17.4 Å². The summed E-state index contributed by atoms with van der Waals surface area (Å²) in [6.45, 7) is 4.85. The maximum Gasteiger partial charge on any atom is 0.301 e. The monoisotopic (exact) mass is 316 g/mol. The fraction of sp³-hybridized carbons (Fsp3) is 0.333. The van der Waals surface area contributed by atoms with E-state index in [4.69, 9.17) is 5.26 Å². The number of aromatic nitrogens is 1. The molecular formula is C15H16N4O2S. The predicted octanol–water partition coefficient (Wildman–Crippen LogP) is 1.79. The van der Waals surface area contributed by atoms with Crippen LogP contribution in [0.3, 0.4) is 0 Å². The van der Waals surface area contributed by atoms with Gasteiger partial charge in [-0.05, 0) is 35.1 Å². The molecule has 1 fully saturated rings. The minimum absolute atomic E-state index is 0.156. The zero-order valence-electron chi connectivity index (χ0n) is 12.4. The lowest BCUT2D eigenvalue weighted by Crippen LogP contribution is -2.55. The molecule has 6 nitrogen and oxygen atoms in total. The summed E-state index contributed by atoms with van der Waals surface area (Å²) >= 11 is 0. The summed E-state index contributed by atoms with van der Waals surface area (Å²) in [5, 5.41) is 10.6. The number of hydrogen-bond acceptors (Lipinski definition) is 4. The highest BCUT2D eigenvalue weighted by atomic mass is 32.2. The summed E-state index contributed by atoms with van der Waals surface area (Å²) in [5.74, 6) is 0. The first-order valence-electron chi connectivity index (χ1n) is 6.89. The van der Waals surface area contributed by atoms with Gasteiger partial charge in [-0.15, -0.1) is 0 Å². The number of nitrogens with one attached hydrogen (secondary N) is 1. The molecule has 1 saturated heterocycles. The summed E-state index contributed by atoms with van der Waals surface area (Å²) in [6, 6.07) is 9.05. The molecule has 1 N–H and O–H groups in total. The van der Waals surface area contributed by atoms with E-state index in [2.05, 4.69) is 9.71 Å². The zero-order valence-corrected chi connectivity index (χ0v) is 13.2. The minimum Gasteiger partial charge on any atom is -0.257 e. The Morgan fingerprint density at radius 2 is 2.14 bits per heavy atom. The second-order valence-electron chi connectivity index (χ2n) is 6.17. The Bertz CT molecular complexity index is 884. The van der Waals surface area contributed by atoms with Crippen molar-refractivity contribution < 1.29 is 8.42 Å². The molecule has 2 heterocycles. The number of nitrogens with zero attached hydrogens (tertiary/aromatic N) is 3. The number of nitriles is 1. The average molecular weight is 316 g/mol. The van der Waals surface area contributed by atoms with Gasteiger partial charge in [0, 0.05) is 24.7 Å². The third-order valence-electron chi connectivity index (χ3n) is 3.74. The van der Waals surface area contributed by atoms with E-state index in [1.165, 1.54) is 4.31 Å². The number of hydrogen-bond donors (Lipinski definition) is 1. The Kier molecular flexibility index (Phi) is 3.31. The lowest BCUT2D eigenvalue weighted by Gasteiger charge is -2.38. The van der Waals surface area contributed by atoms with Crippen molar-refractivity contribution >= 4 is 26.7 Å². The second-order valence-corrected chi connectivity index (χ2v) is 7.85. The highest BCUT2D eigenvalue weighted by Gasteiger charge is 2.35. The Morgan fingerprint density at radius 1 is 1.36 bits per heavy atom. The number of benzene rings is 1. The van der Waals surface area contributed by atoms with Crippen molar-refractivity contribution in [1.29, 1.82) is 5.26 Å². The van der Waals surface area contributed by atoms with E-state index in [0.29, 0.717) is 24.5 Å². The molecule has 1 aliphatic heterocycles. The standard InChI is InChI=1S/C15H16N4O2S/c1-15(2)9-18-22(20,21)19(10-15)12-3-4-13-11(7-12)5-6-17-14(13)8-16/h3-7,18H,9-10H2,1-2H3. The largest absolute Gasteiger partial charge is 0.301 e. The van der Waals surface area contributed by atoms with E-state index >= 15 is 0 Å². The maximum absolute atomic E-state index is 12.3. The van der Waals surface area contributed by atoms with E-state index in [1.807, 2.05) is 19.9 Å². The molecule has 0 spiro atoms. The van der Waals surface area contributed by atoms with Crippen LogP contribution in [0.2, 0.25) is 0 Å². The van der Waals surface area contributed by atoms with E-state index in [0.717, 1.165) is 10.8 Å². The molecule has 7 heteroatoms. The molecule has 0 bridgehead atoms. The molecule has 0 aliphatic carbocycles. The summed E-state index contributed by atoms with van der Waals surface area (Å²) in [5.41, 5.74) is 0.767. The molecule has 22 heavy (non-hydrogen) atoms. The van der Waals surface area contributed by atoms with E-state index in [-0.39, 0.29) is 5.41 Å². The van der Waals surface area contributed by atoms with Gasteiger partial charge in [-0.2, -0.15) is 18.4 Å². The van der Waals surface area contributed by atoms with Gasteiger partial charge in [-0.25, -0.2) is 4.98 Å². The zero-order chi connectivity index (χ0) is 16.0. The predicted molar refractivity (Wildman–Crippen MR) is 84.5 cm³/mol. The molecule has 0 radical (unpaired) electrons. The molecule has 114 valence electrons. The van der Waals surface area contributed by atoms with Gasteiger partial charge in [0.1, 0.15) is 11.8 Å². The number of pyridine rings is 1. The van der Waals surface area contributed by atoms with Crippen LogP contribution in [0.4, 0.5) is 5.69 Å². The molecular weight excluding hydrogens is 300 g/mol. The van der Waals surface area contributed by atoms with Crippen molar-refractivity contribution in [1.82, 2.24) is 9.71 Å². The molecule has 1 aromatic carbocycles. The van der Waals surface area contributed by atoms with Crippen LogP contribution in [0.1, 0.15) is 19.5 Å². The maximum atomic E-state index is 12.3. The fourth-order valence-electron chi connectivity index (χ4n) is 2.53. The van der Waals surface area contributed by atoms with Crippen LogP contribution >= 0.6 is 0 Å².